The molecule has 0 bridgehead atoms. The first kappa shape index (κ1) is 25.8. The highest BCUT2D eigenvalue weighted by molar-refractivity contribution is 7.41. The van der Waals surface area contributed by atoms with E-state index >= 15 is 0 Å². The number of aliphatic hydroxyl groups is 1. The standard InChI is InChI=1S/C26H29FNO5P/c1-5-20-22(25(4,31)26(6-2,24(29)30)34(32)33)21(17-12-14-19(27)15-13-17)16(3)23(28-20)18-10-8-7-9-11-18/h7-15,31,34H,5-6H2,1-4H3,(H,29,30)(H,32,33). The Morgan fingerprint density at radius 2 is 1.65 bits per heavy atom. The molecule has 3 N–H and O–H groups in total. The van der Waals surface area contributed by atoms with Crippen LogP contribution < -0.4 is 0 Å². The Bertz CT molecular complexity index is 1210. The van der Waals surface area contributed by atoms with Gasteiger partial charge in [-0.3, -0.25) is 14.3 Å². The molecule has 8 heteroatoms. The van der Waals surface area contributed by atoms with E-state index in [2.05, 4.69) is 0 Å². The van der Waals surface area contributed by atoms with Gasteiger partial charge in [0.1, 0.15) is 11.4 Å². The molecular formula is C26H29FNO5P. The first-order chi connectivity index (χ1) is 16.0. The Morgan fingerprint density at radius 3 is 2.12 bits per heavy atom. The molecule has 3 aromatic rings. The fraction of sp³-hybridized carbons (Fsp3) is 0.308. The maximum Gasteiger partial charge on any atom is 0.322 e. The molecular weight excluding hydrogens is 456 g/mol. The summed E-state index contributed by atoms with van der Waals surface area (Å²) >= 11 is 0. The fourth-order valence-electron chi connectivity index (χ4n) is 4.73. The van der Waals surface area contributed by atoms with E-state index in [1.54, 1.807) is 19.1 Å². The summed E-state index contributed by atoms with van der Waals surface area (Å²) < 4.78 is 26.3. The molecule has 0 amide bonds. The molecule has 2 aromatic carbocycles. The van der Waals surface area contributed by atoms with Crippen molar-refractivity contribution in [3.05, 3.63) is 77.2 Å². The van der Waals surface area contributed by atoms with Gasteiger partial charge in [0.2, 0.25) is 8.03 Å². The highest BCUT2D eigenvalue weighted by atomic mass is 31.1. The van der Waals surface area contributed by atoms with Crippen LogP contribution in [0, 0.1) is 12.7 Å². The van der Waals surface area contributed by atoms with Crippen molar-refractivity contribution in [2.24, 2.45) is 0 Å². The van der Waals surface area contributed by atoms with Gasteiger partial charge in [-0.1, -0.05) is 56.3 Å². The number of hydrogen-bond donors (Lipinski definition) is 3. The summed E-state index contributed by atoms with van der Waals surface area (Å²) in [5.74, 6) is -2.01. The predicted molar refractivity (Wildman–Crippen MR) is 131 cm³/mol. The van der Waals surface area contributed by atoms with Gasteiger partial charge >= 0.3 is 5.97 Å². The lowest BCUT2D eigenvalue weighted by molar-refractivity contribution is -0.149. The molecule has 0 radical (unpaired) electrons. The summed E-state index contributed by atoms with van der Waals surface area (Å²) in [6.07, 6.45) is 0.0424. The number of carboxylic acids is 1. The third-order valence-electron chi connectivity index (χ3n) is 6.61. The first-order valence-corrected chi connectivity index (χ1v) is 12.4. The average molecular weight is 485 g/mol. The van der Waals surface area contributed by atoms with Gasteiger partial charge in [0.05, 0.1) is 5.69 Å². The number of rotatable bonds is 8. The van der Waals surface area contributed by atoms with Crippen molar-refractivity contribution in [2.45, 2.75) is 51.3 Å². The Kier molecular flexibility index (Phi) is 7.41. The highest BCUT2D eigenvalue weighted by Gasteiger charge is 2.59. The molecule has 0 saturated carbocycles. The molecule has 3 rings (SSSR count). The fourth-order valence-corrected chi connectivity index (χ4v) is 5.75. The summed E-state index contributed by atoms with van der Waals surface area (Å²) in [7, 11) is -3.78. The monoisotopic (exact) mass is 485 g/mol. The second-order valence-electron chi connectivity index (χ2n) is 8.45. The molecule has 34 heavy (non-hydrogen) atoms. The molecule has 0 aliphatic carbocycles. The largest absolute Gasteiger partial charge is 0.480 e. The Balaban J connectivity index is 2.52. The zero-order valence-electron chi connectivity index (χ0n) is 19.6. The molecule has 3 atom stereocenters. The van der Waals surface area contributed by atoms with Gasteiger partial charge in [-0.15, -0.1) is 0 Å². The molecule has 3 unspecified atom stereocenters. The third-order valence-corrected chi connectivity index (χ3v) is 8.39. The van der Waals surface area contributed by atoms with Crippen LogP contribution in [0.2, 0.25) is 0 Å². The molecule has 0 fully saturated rings. The molecule has 0 aliphatic heterocycles. The first-order valence-electron chi connectivity index (χ1n) is 11.1. The van der Waals surface area contributed by atoms with Crippen LogP contribution in [0.4, 0.5) is 4.39 Å². The topological polar surface area (TPSA) is 108 Å². The molecule has 0 saturated heterocycles. The molecule has 0 aliphatic rings. The Labute approximate surface area is 199 Å². The van der Waals surface area contributed by atoms with Crippen molar-refractivity contribution in [1.82, 2.24) is 4.98 Å². The van der Waals surface area contributed by atoms with E-state index in [1.807, 2.05) is 37.3 Å². The van der Waals surface area contributed by atoms with Crippen LogP contribution >= 0.6 is 8.03 Å². The summed E-state index contributed by atoms with van der Waals surface area (Å²) in [4.78, 5) is 27.4. The van der Waals surface area contributed by atoms with E-state index in [0.29, 0.717) is 34.5 Å². The Hall–Kier alpha value is -2.86. The molecule has 180 valence electrons. The van der Waals surface area contributed by atoms with Crippen molar-refractivity contribution in [3.8, 4) is 22.4 Å². The van der Waals surface area contributed by atoms with Gasteiger partial charge in [-0.2, -0.15) is 0 Å². The average Bonchev–Trinajstić information content (AvgIpc) is 2.80. The van der Waals surface area contributed by atoms with E-state index in [1.165, 1.54) is 26.0 Å². The second kappa shape index (κ2) is 9.79. The van der Waals surface area contributed by atoms with Gasteiger partial charge in [-0.05, 0) is 55.5 Å². The zero-order chi connectivity index (χ0) is 25.3. The van der Waals surface area contributed by atoms with Crippen LogP contribution in [0.3, 0.4) is 0 Å². The lowest BCUT2D eigenvalue weighted by Crippen LogP contribution is -2.53. The van der Waals surface area contributed by atoms with Crippen LogP contribution in [-0.2, 0) is 21.4 Å². The molecule has 6 nitrogen and oxygen atoms in total. The van der Waals surface area contributed by atoms with Crippen LogP contribution in [-0.4, -0.2) is 31.2 Å². The number of benzene rings is 2. The minimum Gasteiger partial charge on any atom is -0.480 e. The number of aryl methyl sites for hydroxylation is 1. The normalized spacial score (nSPS) is 15.9. The van der Waals surface area contributed by atoms with Gasteiger partial charge in [0, 0.05) is 16.8 Å². The minimum atomic E-state index is -3.78. The number of carbonyl (C=O) groups is 1. The summed E-state index contributed by atoms with van der Waals surface area (Å²) in [6.45, 7) is 6.33. The van der Waals surface area contributed by atoms with Crippen LogP contribution in [0.5, 0.6) is 0 Å². The third kappa shape index (κ3) is 4.09. The van der Waals surface area contributed by atoms with Crippen molar-refractivity contribution >= 4 is 14.0 Å². The smallest absolute Gasteiger partial charge is 0.322 e. The number of pyridine rings is 1. The molecule has 1 heterocycles. The number of halogens is 1. The minimum absolute atomic E-state index is 0.162. The highest BCUT2D eigenvalue weighted by Crippen LogP contribution is 2.54. The van der Waals surface area contributed by atoms with Crippen LogP contribution in [0.1, 0.15) is 44.0 Å². The van der Waals surface area contributed by atoms with Crippen LogP contribution in [0.15, 0.2) is 54.6 Å². The van der Waals surface area contributed by atoms with Gasteiger partial charge in [0.15, 0.2) is 5.16 Å². The van der Waals surface area contributed by atoms with Gasteiger partial charge < -0.3 is 15.1 Å². The second-order valence-corrected chi connectivity index (χ2v) is 9.91. The van der Waals surface area contributed by atoms with Crippen molar-refractivity contribution in [3.63, 3.8) is 0 Å². The summed E-state index contributed by atoms with van der Waals surface area (Å²) in [6, 6.07) is 15.0. The van der Waals surface area contributed by atoms with Crippen molar-refractivity contribution < 1.29 is 28.9 Å². The number of aromatic nitrogens is 1. The number of carboxylic acid groups (broad SMARTS) is 1. The van der Waals surface area contributed by atoms with Crippen LogP contribution in [0.25, 0.3) is 22.4 Å². The van der Waals surface area contributed by atoms with E-state index in [0.717, 1.165) is 5.56 Å². The maximum absolute atomic E-state index is 13.8. The van der Waals surface area contributed by atoms with Gasteiger partial charge in [-0.25, -0.2) is 4.39 Å². The van der Waals surface area contributed by atoms with E-state index in [4.69, 9.17) is 4.98 Å². The number of nitrogens with zero attached hydrogens (tertiary/aromatic N) is 1. The zero-order valence-corrected chi connectivity index (χ0v) is 20.6. The van der Waals surface area contributed by atoms with E-state index in [-0.39, 0.29) is 12.0 Å². The number of aliphatic carboxylic acids is 1. The molecule has 1 aromatic heterocycles. The quantitative estimate of drug-likeness (QED) is 0.372. The van der Waals surface area contributed by atoms with Crippen molar-refractivity contribution in [1.29, 1.82) is 0 Å². The van der Waals surface area contributed by atoms with E-state index in [9.17, 15) is 28.9 Å². The molecule has 0 spiro atoms. The summed E-state index contributed by atoms with van der Waals surface area (Å²) in [5, 5.41) is 19.6. The predicted octanol–water partition coefficient (Wildman–Crippen LogP) is 5.33. The van der Waals surface area contributed by atoms with Crippen molar-refractivity contribution in [2.75, 3.05) is 0 Å². The lowest BCUT2D eigenvalue weighted by Gasteiger charge is -2.42. The Morgan fingerprint density at radius 1 is 1.06 bits per heavy atom. The summed E-state index contributed by atoms with van der Waals surface area (Å²) in [5.41, 5.74) is 1.39. The lowest BCUT2D eigenvalue weighted by atomic mass is 9.74. The SMILES string of the molecule is CCc1nc(-c2ccccc2)c(C)c(-c2ccc(F)cc2)c1C(C)(O)C(CC)(C(=O)O)[PH](=O)O. The number of hydrogen-bond acceptors (Lipinski definition) is 4. The van der Waals surface area contributed by atoms with Gasteiger partial charge in [0.25, 0.3) is 0 Å². The van der Waals surface area contributed by atoms with E-state index < -0.39 is 30.6 Å². The maximum atomic E-state index is 13.8.